The van der Waals surface area contributed by atoms with Crippen LogP contribution in [0.4, 0.5) is 0 Å². The standard InChI is InChI=1S/C19H15N3/c1-2-6-14(7-3-1)12-15-9-10-16-18(13-15)22-19(21-16)17-8-4-5-11-20-17/h1-11,13H,12H2,(H,21,22). The molecule has 2 heterocycles. The van der Waals surface area contributed by atoms with Gasteiger partial charge in [-0.3, -0.25) is 4.98 Å². The van der Waals surface area contributed by atoms with Crippen LogP contribution in [0.2, 0.25) is 0 Å². The van der Waals surface area contributed by atoms with Crippen molar-refractivity contribution in [3.63, 3.8) is 0 Å². The van der Waals surface area contributed by atoms with E-state index in [0.717, 1.165) is 29.0 Å². The maximum Gasteiger partial charge on any atom is 0.157 e. The van der Waals surface area contributed by atoms with E-state index < -0.39 is 0 Å². The summed E-state index contributed by atoms with van der Waals surface area (Å²) in [5.41, 5.74) is 5.47. The molecule has 0 bridgehead atoms. The van der Waals surface area contributed by atoms with E-state index in [4.69, 9.17) is 0 Å². The summed E-state index contributed by atoms with van der Waals surface area (Å²) < 4.78 is 0. The minimum absolute atomic E-state index is 0.812. The van der Waals surface area contributed by atoms with Gasteiger partial charge in [0.2, 0.25) is 0 Å². The highest BCUT2D eigenvalue weighted by Crippen LogP contribution is 2.20. The fraction of sp³-hybridized carbons (Fsp3) is 0.0526. The zero-order chi connectivity index (χ0) is 14.8. The van der Waals surface area contributed by atoms with Crippen molar-refractivity contribution >= 4 is 11.0 Å². The summed E-state index contributed by atoms with van der Waals surface area (Å²) >= 11 is 0. The first-order chi connectivity index (χ1) is 10.9. The Morgan fingerprint density at radius 2 is 1.68 bits per heavy atom. The molecule has 0 fully saturated rings. The van der Waals surface area contributed by atoms with Gasteiger partial charge in [0, 0.05) is 6.20 Å². The number of benzene rings is 2. The van der Waals surface area contributed by atoms with Crippen molar-refractivity contribution in [1.82, 2.24) is 15.0 Å². The van der Waals surface area contributed by atoms with Crippen molar-refractivity contribution in [2.45, 2.75) is 6.42 Å². The second-order valence-electron chi connectivity index (χ2n) is 5.31. The zero-order valence-corrected chi connectivity index (χ0v) is 12.0. The topological polar surface area (TPSA) is 41.6 Å². The van der Waals surface area contributed by atoms with E-state index in [1.165, 1.54) is 11.1 Å². The lowest BCUT2D eigenvalue weighted by molar-refractivity contribution is 1.20. The average Bonchev–Trinajstić information content (AvgIpc) is 3.00. The first-order valence-electron chi connectivity index (χ1n) is 7.32. The SMILES string of the molecule is c1ccc(Cc2ccc3nc(-c4ccccn4)[nH]c3c2)cc1. The third-order valence-corrected chi connectivity index (χ3v) is 3.70. The molecule has 2 aromatic carbocycles. The van der Waals surface area contributed by atoms with Crippen molar-refractivity contribution < 1.29 is 0 Å². The van der Waals surface area contributed by atoms with E-state index in [1.54, 1.807) is 6.20 Å². The summed E-state index contributed by atoms with van der Waals surface area (Å²) in [6.07, 6.45) is 2.71. The number of pyridine rings is 1. The minimum Gasteiger partial charge on any atom is -0.337 e. The van der Waals surface area contributed by atoms with Crippen molar-refractivity contribution in [2.24, 2.45) is 0 Å². The van der Waals surface area contributed by atoms with E-state index in [0.29, 0.717) is 0 Å². The van der Waals surface area contributed by atoms with Gasteiger partial charge < -0.3 is 4.98 Å². The molecule has 3 heteroatoms. The molecule has 0 radical (unpaired) electrons. The third-order valence-electron chi connectivity index (χ3n) is 3.70. The van der Waals surface area contributed by atoms with Crippen LogP contribution in [0, 0.1) is 0 Å². The van der Waals surface area contributed by atoms with Crippen LogP contribution in [-0.4, -0.2) is 15.0 Å². The molecule has 0 aliphatic carbocycles. The molecule has 3 nitrogen and oxygen atoms in total. The van der Waals surface area contributed by atoms with Gasteiger partial charge in [0.25, 0.3) is 0 Å². The number of nitrogens with zero attached hydrogens (tertiary/aromatic N) is 2. The van der Waals surface area contributed by atoms with Crippen LogP contribution in [0.25, 0.3) is 22.6 Å². The molecule has 106 valence electrons. The molecule has 0 unspecified atom stereocenters. The van der Waals surface area contributed by atoms with Gasteiger partial charge in [0.15, 0.2) is 5.82 Å². The fourth-order valence-corrected chi connectivity index (χ4v) is 2.62. The Bertz CT molecular complexity index is 896. The molecule has 0 atom stereocenters. The van der Waals surface area contributed by atoms with Crippen molar-refractivity contribution in [1.29, 1.82) is 0 Å². The molecule has 22 heavy (non-hydrogen) atoms. The highest BCUT2D eigenvalue weighted by molar-refractivity contribution is 5.79. The molecular formula is C19H15N3. The molecule has 0 aliphatic rings. The number of aromatic amines is 1. The van der Waals surface area contributed by atoms with Crippen LogP contribution in [0.3, 0.4) is 0 Å². The fourth-order valence-electron chi connectivity index (χ4n) is 2.62. The molecule has 0 spiro atoms. The lowest BCUT2D eigenvalue weighted by atomic mass is 10.0. The smallest absolute Gasteiger partial charge is 0.157 e. The molecule has 0 aliphatic heterocycles. The van der Waals surface area contributed by atoms with E-state index >= 15 is 0 Å². The van der Waals surface area contributed by atoms with Crippen molar-refractivity contribution in [2.75, 3.05) is 0 Å². The molecule has 1 N–H and O–H groups in total. The lowest BCUT2D eigenvalue weighted by Gasteiger charge is -2.01. The summed E-state index contributed by atoms with van der Waals surface area (Å²) in [6, 6.07) is 22.7. The highest BCUT2D eigenvalue weighted by atomic mass is 14.9. The Hall–Kier alpha value is -2.94. The average molecular weight is 285 g/mol. The van der Waals surface area contributed by atoms with Crippen LogP contribution in [0.1, 0.15) is 11.1 Å². The number of nitrogens with one attached hydrogen (secondary N) is 1. The van der Waals surface area contributed by atoms with Gasteiger partial charge >= 0.3 is 0 Å². The minimum atomic E-state index is 0.812. The third kappa shape index (κ3) is 2.49. The van der Waals surface area contributed by atoms with Crippen LogP contribution in [0.15, 0.2) is 72.9 Å². The second-order valence-corrected chi connectivity index (χ2v) is 5.31. The second kappa shape index (κ2) is 5.45. The monoisotopic (exact) mass is 285 g/mol. The lowest BCUT2D eigenvalue weighted by Crippen LogP contribution is -1.87. The maximum atomic E-state index is 4.61. The van der Waals surface area contributed by atoms with Crippen LogP contribution in [-0.2, 0) is 6.42 Å². The largest absolute Gasteiger partial charge is 0.337 e. The van der Waals surface area contributed by atoms with Crippen LogP contribution >= 0.6 is 0 Å². The van der Waals surface area contributed by atoms with Gasteiger partial charge in [0.1, 0.15) is 5.69 Å². The number of hydrogen-bond donors (Lipinski definition) is 1. The van der Waals surface area contributed by atoms with Crippen LogP contribution < -0.4 is 0 Å². The number of imidazole rings is 1. The zero-order valence-electron chi connectivity index (χ0n) is 12.0. The normalized spacial score (nSPS) is 10.9. The van der Waals surface area contributed by atoms with E-state index in [2.05, 4.69) is 57.4 Å². The predicted molar refractivity (Wildman–Crippen MR) is 88.6 cm³/mol. The number of fused-ring (bicyclic) bond motifs is 1. The Labute approximate surface area is 128 Å². The molecule has 2 aromatic heterocycles. The van der Waals surface area contributed by atoms with Gasteiger partial charge in [-0.1, -0.05) is 42.5 Å². The highest BCUT2D eigenvalue weighted by Gasteiger charge is 2.06. The first-order valence-corrected chi connectivity index (χ1v) is 7.32. The Balaban J connectivity index is 1.69. The number of aromatic nitrogens is 3. The van der Waals surface area contributed by atoms with Gasteiger partial charge in [-0.25, -0.2) is 4.98 Å². The van der Waals surface area contributed by atoms with E-state index in [1.807, 2.05) is 24.3 Å². The Morgan fingerprint density at radius 1 is 0.818 bits per heavy atom. The summed E-state index contributed by atoms with van der Waals surface area (Å²) in [5, 5.41) is 0. The quantitative estimate of drug-likeness (QED) is 0.612. The van der Waals surface area contributed by atoms with Gasteiger partial charge in [0.05, 0.1) is 11.0 Å². The summed E-state index contributed by atoms with van der Waals surface area (Å²) in [6.45, 7) is 0. The summed E-state index contributed by atoms with van der Waals surface area (Å²) in [4.78, 5) is 12.3. The molecule has 4 rings (SSSR count). The molecule has 0 saturated carbocycles. The van der Waals surface area contributed by atoms with Crippen molar-refractivity contribution in [3.8, 4) is 11.5 Å². The van der Waals surface area contributed by atoms with Gasteiger partial charge in [-0.15, -0.1) is 0 Å². The molecule has 4 aromatic rings. The summed E-state index contributed by atoms with van der Waals surface area (Å²) in [5.74, 6) is 0.812. The summed E-state index contributed by atoms with van der Waals surface area (Å²) in [7, 11) is 0. The Kier molecular flexibility index (Phi) is 3.16. The number of H-pyrrole nitrogens is 1. The van der Waals surface area contributed by atoms with Gasteiger partial charge in [-0.05, 0) is 41.8 Å². The number of rotatable bonds is 3. The maximum absolute atomic E-state index is 4.61. The van der Waals surface area contributed by atoms with E-state index in [9.17, 15) is 0 Å². The van der Waals surface area contributed by atoms with Gasteiger partial charge in [-0.2, -0.15) is 0 Å². The molecule has 0 amide bonds. The molecular weight excluding hydrogens is 270 g/mol. The molecule has 0 saturated heterocycles. The Morgan fingerprint density at radius 3 is 2.50 bits per heavy atom. The van der Waals surface area contributed by atoms with E-state index in [-0.39, 0.29) is 0 Å². The van der Waals surface area contributed by atoms with Crippen LogP contribution in [0.5, 0.6) is 0 Å². The predicted octanol–water partition coefficient (Wildman–Crippen LogP) is 4.22. The number of hydrogen-bond acceptors (Lipinski definition) is 2. The first kappa shape index (κ1) is 12.8. The van der Waals surface area contributed by atoms with Crippen molar-refractivity contribution in [3.05, 3.63) is 84.1 Å².